The molecule has 1 aromatic carbocycles. The summed E-state index contributed by atoms with van der Waals surface area (Å²) in [5.41, 5.74) is 1.45. The quantitative estimate of drug-likeness (QED) is 0.649. The van der Waals surface area contributed by atoms with Gasteiger partial charge in [-0.3, -0.25) is 4.48 Å². The number of likely N-dealkylation sites (tertiary alicyclic amines) is 1. The van der Waals surface area contributed by atoms with Gasteiger partial charge >= 0.3 is 0 Å². The molecular formula is C14H20ClN. The first-order valence-electron chi connectivity index (χ1n) is 5.77. The molecule has 1 aliphatic rings. The maximum absolute atomic E-state index is 3.98. The van der Waals surface area contributed by atoms with E-state index in [1.165, 1.54) is 31.4 Å². The molecule has 2 atom stereocenters. The van der Waals surface area contributed by atoms with Gasteiger partial charge in [-0.05, 0) is 12.1 Å². The van der Waals surface area contributed by atoms with Crippen molar-refractivity contribution in [1.29, 1.82) is 0 Å². The van der Waals surface area contributed by atoms with Crippen LogP contribution in [0.5, 0.6) is 0 Å². The van der Waals surface area contributed by atoms with E-state index in [-0.39, 0.29) is 12.4 Å². The molecule has 1 saturated heterocycles. The lowest BCUT2D eigenvalue weighted by molar-refractivity contribution is -0.871. The standard InChI is InChI=1S/C14H20N.ClH/c1-3-15(2)11-7-10-14(15)12-13-8-5-4-6-9-13;/h3-6,8-9,14H,1,7,10-12H2,2H3;1H/q+1;/p-1. The minimum atomic E-state index is 0. The van der Waals surface area contributed by atoms with E-state index < -0.39 is 0 Å². The Labute approximate surface area is 105 Å². The van der Waals surface area contributed by atoms with E-state index in [1.807, 2.05) is 0 Å². The van der Waals surface area contributed by atoms with Crippen molar-refractivity contribution in [2.24, 2.45) is 0 Å². The van der Waals surface area contributed by atoms with Gasteiger partial charge in [0.2, 0.25) is 0 Å². The SMILES string of the molecule is C=C[N+]1(C)CCCC1Cc1ccccc1.[Cl-]. The summed E-state index contributed by atoms with van der Waals surface area (Å²) in [6.07, 6.45) is 5.96. The molecule has 1 aromatic rings. The molecule has 0 bridgehead atoms. The third kappa shape index (κ3) is 2.66. The topological polar surface area (TPSA) is 0 Å². The highest BCUT2D eigenvalue weighted by Gasteiger charge is 2.35. The monoisotopic (exact) mass is 237 g/mol. The Morgan fingerprint density at radius 3 is 2.69 bits per heavy atom. The number of halogens is 1. The summed E-state index contributed by atoms with van der Waals surface area (Å²) in [5.74, 6) is 0. The molecule has 0 radical (unpaired) electrons. The predicted molar refractivity (Wildman–Crippen MR) is 64.4 cm³/mol. The van der Waals surface area contributed by atoms with Crippen LogP contribution in [0.1, 0.15) is 18.4 Å². The molecule has 2 heteroatoms. The van der Waals surface area contributed by atoms with Crippen LogP contribution in [-0.2, 0) is 6.42 Å². The zero-order valence-electron chi connectivity index (χ0n) is 9.90. The summed E-state index contributed by atoms with van der Waals surface area (Å²) in [4.78, 5) is 0. The fourth-order valence-electron chi connectivity index (χ4n) is 2.58. The van der Waals surface area contributed by atoms with Crippen LogP contribution >= 0.6 is 0 Å². The van der Waals surface area contributed by atoms with Gasteiger partial charge in [0.15, 0.2) is 0 Å². The molecule has 1 fully saturated rings. The zero-order chi connectivity index (χ0) is 10.7. The first-order chi connectivity index (χ1) is 7.24. The Balaban J connectivity index is 0.00000128. The van der Waals surface area contributed by atoms with Crippen molar-refractivity contribution in [2.75, 3.05) is 13.6 Å². The summed E-state index contributed by atoms with van der Waals surface area (Å²) < 4.78 is 1.04. The van der Waals surface area contributed by atoms with Gasteiger partial charge in [-0.1, -0.05) is 30.3 Å². The molecule has 0 N–H and O–H groups in total. The van der Waals surface area contributed by atoms with Crippen molar-refractivity contribution in [3.8, 4) is 0 Å². The van der Waals surface area contributed by atoms with E-state index in [2.05, 4.69) is 50.2 Å². The second-order valence-electron chi connectivity index (χ2n) is 4.74. The molecule has 2 unspecified atom stereocenters. The van der Waals surface area contributed by atoms with Gasteiger partial charge in [-0.2, -0.15) is 0 Å². The van der Waals surface area contributed by atoms with Crippen LogP contribution in [0.15, 0.2) is 43.1 Å². The van der Waals surface area contributed by atoms with Crippen LogP contribution in [0.4, 0.5) is 0 Å². The average molecular weight is 238 g/mol. The van der Waals surface area contributed by atoms with Crippen LogP contribution in [0.2, 0.25) is 0 Å². The summed E-state index contributed by atoms with van der Waals surface area (Å²) in [6.45, 7) is 5.23. The number of rotatable bonds is 3. The first kappa shape index (κ1) is 13.3. The van der Waals surface area contributed by atoms with Crippen molar-refractivity contribution < 1.29 is 16.9 Å². The normalized spacial score (nSPS) is 28.4. The molecule has 1 aliphatic heterocycles. The third-order valence-electron chi connectivity index (χ3n) is 3.74. The minimum absolute atomic E-state index is 0. The average Bonchev–Trinajstić information content (AvgIpc) is 2.63. The molecule has 0 amide bonds. The van der Waals surface area contributed by atoms with Gasteiger partial charge in [0.1, 0.15) is 0 Å². The van der Waals surface area contributed by atoms with E-state index in [9.17, 15) is 0 Å². The van der Waals surface area contributed by atoms with Crippen LogP contribution in [0.3, 0.4) is 0 Å². The molecule has 2 rings (SSSR count). The Morgan fingerprint density at radius 1 is 1.38 bits per heavy atom. The highest BCUT2D eigenvalue weighted by Crippen LogP contribution is 2.27. The number of hydrogen-bond acceptors (Lipinski definition) is 0. The van der Waals surface area contributed by atoms with Crippen LogP contribution in [-0.4, -0.2) is 24.1 Å². The molecule has 16 heavy (non-hydrogen) atoms. The van der Waals surface area contributed by atoms with Crippen LogP contribution in [0, 0.1) is 0 Å². The van der Waals surface area contributed by atoms with Crippen molar-refractivity contribution in [3.63, 3.8) is 0 Å². The lowest BCUT2D eigenvalue weighted by Crippen LogP contribution is -3.00. The second-order valence-corrected chi connectivity index (χ2v) is 4.74. The van der Waals surface area contributed by atoms with Gasteiger partial charge in [0.25, 0.3) is 0 Å². The lowest BCUT2D eigenvalue weighted by Gasteiger charge is -2.32. The summed E-state index contributed by atoms with van der Waals surface area (Å²) in [6, 6.07) is 11.5. The molecule has 1 nitrogen and oxygen atoms in total. The Morgan fingerprint density at radius 2 is 2.06 bits per heavy atom. The minimum Gasteiger partial charge on any atom is -1.00 e. The maximum atomic E-state index is 3.98. The zero-order valence-corrected chi connectivity index (χ0v) is 10.7. The van der Waals surface area contributed by atoms with Gasteiger partial charge < -0.3 is 12.4 Å². The molecule has 0 aromatic heterocycles. The van der Waals surface area contributed by atoms with E-state index in [1.54, 1.807) is 0 Å². The van der Waals surface area contributed by atoms with Gasteiger partial charge in [0, 0.05) is 19.3 Å². The van der Waals surface area contributed by atoms with E-state index in [4.69, 9.17) is 0 Å². The third-order valence-corrected chi connectivity index (χ3v) is 3.74. The Hall–Kier alpha value is -0.790. The number of benzene rings is 1. The molecule has 0 spiro atoms. The van der Waals surface area contributed by atoms with Crippen molar-refractivity contribution in [1.82, 2.24) is 0 Å². The highest BCUT2D eigenvalue weighted by molar-refractivity contribution is 5.15. The van der Waals surface area contributed by atoms with Crippen molar-refractivity contribution in [2.45, 2.75) is 25.3 Å². The van der Waals surface area contributed by atoms with Crippen molar-refractivity contribution >= 4 is 0 Å². The highest BCUT2D eigenvalue weighted by atomic mass is 35.5. The number of hydrogen-bond donors (Lipinski definition) is 0. The van der Waals surface area contributed by atoms with Gasteiger partial charge in [-0.15, -0.1) is 0 Å². The summed E-state index contributed by atoms with van der Waals surface area (Å²) in [5, 5.41) is 0. The van der Waals surface area contributed by atoms with Crippen molar-refractivity contribution in [3.05, 3.63) is 48.7 Å². The number of nitrogens with zero attached hydrogens (tertiary/aromatic N) is 1. The number of quaternary nitrogens is 1. The van der Waals surface area contributed by atoms with E-state index in [0.717, 1.165) is 10.5 Å². The predicted octanol–water partition coefficient (Wildman–Crippen LogP) is -0.0144. The lowest BCUT2D eigenvalue weighted by atomic mass is 10.0. The maximum Gasteiger partial charge on any atom is 0.0973 e. The summed E-state index contributed by atoms with van der Waals surface area (Å²) in [7, 11) is 2.30. The molecule has 1 heterocycles. The molecule has 0 aliphatic carbocycles. The second kappa shape index (κ2) is 5.51. The molecule has 0 saturated carbocycles. The largest absolute Gasteiger partial charge is 1.00 e. The Kier molecular flexibility index (Phi) is 4.57. The van der Waals surface area contributed by atoms with Crippen LogP contribution in [0.25, 0.3) is 0 Å². The molecule has 88 valence electrons. The van der Waals surface area contributed by atoms with Gasteiger partial charge in [-0.25, -0.2) is 0 Å². The fraction of sp³-hybridized carbons (Fsp3) is 0.429. The fourth-order valence-corrected chi connectivity index (χ4v) is 2.58. The molecular weight excluding hydrogens is 218 g/mol. The van der Waals surface area contributed by atoms with Crippen LogP contribution < -0.4 is 12.4 Å². The van der Waals surface area contributed by atoms with E-state index in [0.29, 0.717) is 0 Å². The first-order valence-corrected chi connectivity index (χ1v) is 5.77. The smallest absolute Gasteiger partial charge is 0.0973 e. The summed E-state index contributed by atoms with van der Waals surface area (Å²) >= 11 is 0. The van der Waals surface area contributed by atoms with Gasteiger partial charge in [0.05, 0.1) is 25.8 Å². The number of likely N-dealkylation sites (N-methyl/N-ethyl adjacent to an activating group) is 1. The van der Waals surface area contributed by atoms with E-state index >= 15 is 0 Å². The Bertz CT molecular complexity index is 336.